The summed E-state index contributed by atoms with van der Waals surface area (Å²) in [6, 6.07) is 6.44. The van der Waals surface area contributed by atoms with Crippen LogP contribution in [-0.4, -0.2) is 50.0 Å². The average Bonchev–Trinajstić information content (AvgIpc) is 3.14. The van der Waals surface area contributed by atoms with E-state index in [0.29, 0.717) is 17.5 Å². The van der Waals surface area contributed by atoms with Crippen LogP contribution in [0.25, 0.3) is 10.2 Å². The quantitative estimate of drug-likeness (QED) is 0.507. The number of amides is 1. The Morgan fingerprint density at radius 2 is 1.91 bits per heavy atom. The summed E-state index contributed by atoms with van der Waals surface area (Å²) in [5.74, 6) is -3.31. The smallest absolute Gasteiger partial charge is 0.252 e. The van der Waals surface area contributed by atoms with Gasteiger partial charge in [-0.3, -0.25) is 4.79 Å². The van der Waals surface area contributed by atoms with Gasteiger partial charge in [0.15, 0.2) is 10.6 Å². The zero-order valence-electron chi connectivity index (χ0n) is 18.2. The highest BCUT2D eigenvalue weighted by atomic mass is 32.2. The van der Waals surface area contributed by atoms with Crippen LogP contribution < -0.4 is 4.80 Å². The second kappa shape index (κ2) is 9.98. The minimum atomic E-state index is -3.91. The second-order valence-electron chi connectivity index (χ2n) is 7.87. The van der Waals surface area contributed by atoms with E-state index in [9.17, 15) is 26.4 Å². The molecule has 182 valence electrons. The maximum absolute atomic E-state index is 14.5. The Balaban J connectivity index is 1.65. The lowest BCUT2D eigenvalue weighted by molar-refractivity contribution is -0.122. The van der Waals surface area contributed by atoms with Crippen molar-refractivity contribution in [2.24, 2.45) is 10.9 Å². The number of benzene rings is 2. The molecule has 2 aromatic carbocycles. The van der Waals surface area contributed by atoms with E-state index in [1.165, 1.54) is 34.2 Å². The Morgan fingerprint density at radius 1 is 1.18 bits per heavy atom. The van der Waals surface area contributed by atoms with E-state index < -0.39 is 39.3 Å². The number of carbonyl (C=O) groups excluding carboxylic acids is 1. The summed E-state index contributed by atoms with van der Waals surface area (Å²) in [6.45, 7) is 0.566. The Morgan fingerprint density at radius 3 is 2.62 bits per heavy atom. The molecule has 1 amide bonds. The molecular formula is C22H22F3N3O4S2. The van der Waals surface area contributed by atoms with Crippen molar-refractivity contribution in [2.45, 2.75) is 24.3 Å². The number of methoxy groups -OCH3 is 1. The molecule has 0 spiro atoms. The maximum Gasteiger partial charge on any atom is 0.252 e. The van der Waals surface area contributed by atoms with E-state index in [4.69, 9.17) is 4.74 Å². The molecule has 2 heterocycles. The average molecular weight is 514 g/mol. The highest BCUT2D eigenvalue weighted by molar-refractivity contribution is 7.89. The number of fused-ring (bicyclic) bond motifs is 1. The van der Waals surface area contributed by atoms with Gasteiger partial charge < -0.3 is 9.30 Å². The third-order valence-corrected chi connectivity index (χ3v) is 8.51. The van der Waals surface area contributed by atoms with Gasteiger partial charge in [0.25, 0.3) is 5.91 Å². The van der Waals surface area contributed by atoms with E-state index in [1.54, 1.807) is 0 Å². The summed E-state index contributed by atoms with van der Waals surface area (Å²) < 4.78 is 75.3. The second-order valence-corrected chi connectivity index (χ2v) is 10.8. The van der Waals surface area contributed by atoms with E-state index >= 15 is 0 Å². The summed E-state index contributed by atoms with van der Waals surface area (Å²) in [5.41, 5.74) is 0.124. The summed E-state index contributed by atoms with van der Waals surface area (Å²) in [7, 11) is -2.43. The predicted molar refractivity (Wildman–Crippen MR) is 120 cm³/mol. The van der Waals surface area contributed by atoms with Crippen LogP contribution in [-0.2, 0) is 26.1 Å². The van der Waals surface area contributed by atoms with Crippen LogP contribution in [0.2, 0.25) is 0 Å². The number of ether oxygens (including phenoxy) is 1. The molecule has 1 aromatic heterocycles. The van der Waals surface area contributed by atoms with Gasteiger partial charge in [0.05, 0.1) is 27.6 Å². The molecule has 1 aliphatic heterocycles. The normalized spacial score (nSPS) is 18.0. The number of rotatable bonds is 6. The monoisotopic (exact) mass is 513 g/mol. The first-order valence-electron chi connectivity index (χ1n) is 10.5. The van der Waals surface area contributed by atoms with Gasteiger partial charge in [-0.05, 0) is 43.2 Å². The highest BCUT2D eigenvalue weighted by Gasteiger charge is 2.33. The number of carbonyl (C=O) groups is 1. The summed E-state index contributed by atoms with van der Waals surface area (Å²) >= 11 is 0.972. The molecule has 0 bridgehead atoms. The van der Waals surface area contributed by atoms with Crippen molar-refractivity contribution in [1.82, 2.24) is 8.87 Å². The van der Waals surface area contributed by atoms with Crippen LogP contribution in [0.15, 0.2) is 46.3 Å². The van der Waals surface area contributed by atoms with Crippen molar-refractivity contribution in [2.75, 3.05) is 26.8 Å². The van der Waals surface area contributed by atoms with Crippen LogP contribution in [0.3, 0.4) is 0 Å². The molecular weight excluding hydrogens is 491 g/mol. The third-order valence-electron chi connectivity index (χ3n) is 5.60. The van der Waals surface area contributed by atoms with Gasteiger partial charge in [0.1, 0.15) is 11.6 Å². The number of halogens is 3. The molecule has 1 aliphatic rings. The van der Waals surface area contributed by atoms with Crippen molar-refractivity contribution >= 4 is 37.5 Å². The lowest BCUT2D eigenvalue weighted by atomic mass is 9.99. The van der Waals surface area contributed by atoms with Gasteiger partial charge in [-0.15, -0.1) is 0 Å². The predicted octanol–water partition coefficient (Wildman–Crippen LogP) is 3.29. The van der Waals surface area contributed by atoms with Gasteiger partial charge in [0.2, 0.25) is 10.0 Å². The fourth-order valence-corrected chi connectivity index (χ4v) is 6.53. The molecule has 3 aromatic rings. The molecule has 34 heavy (non-hydrogen) atoms. The topological polar surface area (TPSA) is 81.0 Å². The van der Waals surface area contributed by atoms with E-state index in [2.05, 4.69) is 4.99 Å². The van der Waals surface area contributed by atoms with Crippen LogP contribution in [0.4, 0.5) is 13.2 Å². The van der Waals surface area contributed by atoms with Crippen molar-refractivity contribution in [3.8, 4) is 0 Å². The third kappa shape index (κ3) is 4.95. The molecule has 0 radical (unpaired) electrons. The number of thiazole rings is 1. The molecule has 0 aliphatic carbocycles. The fraction of sp³-hybridized carbons (Fsp3) is 0.364. The first-order valence-corrected chi connectivity index (χ1v) is 12.8. The van der Waals surface area contributed by atoms with E-state index in [0.717, 1.165) is 29.5 Å². The Labute approximate surface area is 198 Å². The molecule has 7 nitrogen and oxygen atoms in total. The van der Waals surface area contributed by atoms with E-state index in [1.807, 2.05) is 0 Å². The number of aromatic nitrogens is 1. The van der Waals surface area contributed by atoms with Crippen molar-refractivity contribution < 1.29 is 31.1 Å². The van der Waals surface area contributed by atoms with Crippen molar-refractivity contribution in [1.29, 1.82) is 0 Å². The minimum Gasteiger partial charge on any atom is -0.383 e. The van der Waals surface area contributed by atoms with Crippen LogP contribution in [0, 0.1) is 23.4 Å². The lowest BCUT2D eigenvalue weighted by Crippen LogP contribution is -2.42. The zero-order chi connectivity index (χ0) is 24.5. The number of nitrogens with zero attached hydrogens (tertiary/aromatic N) is 3. The van der Waals surface area contributed by atoms with Crippen LogP contribution in [0.5, 0.6) is 0 Å². The number of hydrogen-bond donors (Lipinski definition) is 0. The Hall–Kier alpha value is -2.54. The molecule has 1 saturated heterocycles. The summed E-state index contributed by atoms with van der Waals surface area (Å²) in [5, 5.41) is 0. The number of sulfonamides is 1. The van der Waals surface area contributed by atoms with Crippen LogP contribution >= 0.6 is 11.3 Å². The Bertz CT molecular complexity index is 1380. The van der Waals surface area contributed by atoms with Gasteiger partial charge in [-0.2, -0.15) is 9.30 Å². The van der Waals surface area contributed by atoms with Crippen molar-refractivity contribution in [3.63, 3.8) is 0 Å². The molecule has 1 fully saturated rings. The van der Waals surface area contributed by atoms with Gasteiger partial charge in [-0.1, -0.05) is 11.3 Å². The maximum atomic E-state index is 14.5. The zero-order valence-corrected chi connectivity index (χ0v) is 19.8. The largest absolute Gasteiger partial charge is 0.383 e. The molecule has 0 saturated carbocycles. The summed E-state index contributed by atoms with van der Waals surface area (Å²) in [4.78, 5) is 17.3. The first kappa shape index (κ1) is 24.6. The van der Waals surface area contributed by atoms with Gasteiger partial charge >= 0.3 is 0 Å². The van der Waals surface area contributed by atoms with Crippen molar-refractivity contribution in [3.05, 3.63) is 58.7 Å². The first-order chi connectivity index (χ1) is 16.2. The van der Waals surface area contributed by atoms with Gasteiger partial charge in [0, 0.05) is 32.8 Å². The number of hydrogen-bond acceptors (Lipinski definition) is 5. The molecule has 4 rings (SSSR count). The molecule has 1 unspecified atom stereocenters. The highest BCUT2D eigenvalue weighted by Crippen LogP contribution is 2.26. The Kier molecular flexibility index (Phi) is 7.22. The molecule has 0 N–H and O–H groups in total. The standard InChI is InChI=1S/C22H22F3N3O4S2/c1-32-10-9-28-20-18(25)11-16(24)12-19(20)33-22(28)26-21(29)14-3-2-8-27(13-14)34(30,31)17-6-4-15(23)5-7-17/h4-7,11-12,14H,2-3,8-10,13H2,1H3. The van der Waals surface area contributed by atoms with Crippen LogP contribution in [0.1, 0.15) is 12.8 Å². The minimum absolute atomic E-state index is 0.0571. The van der Waals surface area contributed by atoms with Gasteiger partial charge in [-0.25, -0.2) is 21.6 Å². The SMILES string of the molecule is COCCn1c(=NC(=O)C2CCCN(S(=O)(=O)c3ccc(F)cc3)C2)sc2cc(F)cc(F)c21. The fourth-order valence-electron chi connectivity index (χ4n) is 3.91. The number of piperidine rings is 1. The molecule has 1 atom stereocenters. The van der Waals surface area contributed by atoms with E-state index in [-0.39, 0.29) is 41.5 Å². The lowest BCUT2D eigenvalue weighted by Gasteiger charge is -2.30. The summed E-state index contributed by atoms with van der Waals surface area (Å²) in [6.07, 6.45) is 0.881. The molecule has 12 heteroatoms.